The second kappa shape index (κ2) is 8.23. The molecule has 0 spiro atoms. The van der Waals surface area contributed by atoms with Crippen molar-refractivity contribution >= 4 is 23.4 Å². The van der Waals surface area contributed by atoms with E-state index in [2.05, 4.69) is 0 Å². The number of nitrogens with two attached hydrogens (primary N) is 1. The SMILES string of the molecule is CC(N)CCSCC(=O)N(c1ccccc1)C(C)C. The van der Waals surface area contributed by atoms with Crippen molar-refractivity contribution < 1.29 is 4.79 Å². The number of para-hydroxylation sites is 1. The second-order valence-electron chi connectivity index (χ2n) is 5.01. The van der Waals surface area contributed by atoms with Crippen LogP contribution >= 0.6 is 11.8 Å². The predicted molar refractivity (Wildman–Crippen MR) is 84.7 cm³/mol. The van der Waals surface area contributed by atoms with Gasteiger partial charge >= 0.3 is 0 Å². The number of carbonyl (C=O) groups is 1. The second-order valence-corrected chi connectivity index (χ2v) is 6.12. The highest BCUT2D eigenvalue weighted by atomic mass is 32.2. The highest BCUT2D eigenvalue weighted by Crippen LogP contribution is 2.18. The normalized spacial score (nSPS) is 12.5. The molecule has 2 N–H and O–H groups in total. The Kier molecular flexibility index (Phi) is 6.95. The highest BCUT2D eigenvalue weighted by molar-refractivity contribution is 7.99. The monoisotopic (exact) mass is 280 g/mol. The minimum atomic E-state index is 0.163. The van der Waals surface area contributed by atoms with Crippen molar-refractivity contribution in [1.82, 2.24) is 0 Å². The van der Waals surface area contributed by atoms with E-state index in [4.69, 9.17) is 5.73 Å². The van der Waals surface area contributed by atoms with Crippen LogP contribution in [0.2, 0.25) is 0 Å². The fourth-order valence-electron chi connectivity index (χ4n) is 1.82. The largest absolute Gasteiger partial charge is 0.328 e. The molecule has 0 saturated heterocycles. The summed E-state index contributed by atoms with van der Waals surface area (Å²) in [6, 6.07) is 10.2. The minimum Gasteiger partial charge on any atom is -0.328 e. The summed E-state index contributed by atoms with van der Waals surface area (Å²) < 4.78 is 0. The molecule has 0 saturated carbocycles. The molecular formula is C15H24N2OS. The van der Waals surface area contributed by atoms with Crippen LogP contribution in [0.15, 0.2) is 30.3 Å². The van der Waals surface area contributed by atoms with Crippen molar-refractivity contribution in [2.45, 2.75) is 39.3 Å². The van der Waals surface area contributed by atoms with Crippen molar-refractivity contribution in [1.29, 1.82) is 0 Å². The van der Waals surface area contributed by atoms with Crippen LogP contribution in [0.4, 0.5) is 5.69 Å². The van der Waals surface area contributed by atoms with Crippen LogP contribution in [0.3, 0.4) is 0 Å². The zero-order chi connectivity index (χ0) is 14.3. The third-order valence-corrected chi connectivity index (χ3v) is 3.74. The van der Waals surface area contributed by atoms with Gasteiger partial charge in [0.15, 0.2) is 0 Å². The number of anilines is 1. The lowest BCUT2D eigenvalue weighted by Gasteiger charge is -2.26. The maximum atomic E-state index is 12.3. The Hall–Kier alpha value is -1.00. The van der Waals surface area contributed by atoms with Gasteiger partial charge in [-0.05, 0) is 45.1 Å². The first-order valence-corrected chi connectivity index (χ1v) is 7.88. The number of hydrogen-bond acceptors (Lipinski definition) is 3. The number of carbonyl (C=O) groups excluding carboxylic acids is 1. The molecule has 19 heavy (non-hydrogen) atoms. The average molecular weight is 280 g/mol. The van der Waals surface area contributed by atoms with Gasteiger partial charge in [0.25, 0.3) is 0 Å². The van der Waals surface area contributed by atoms with Gasteiger partial charge in [0.1, 0.15) is 0 Å². The summed E-state index contributed by atoms with van der Waals surface area (Å²) >= 11 is 1.66. The first-order valence-electron chi connectivity index (χ1n) is 6.72. The molecule has 1 unspecified atom stereocenters. The van der Waals surface area contributed by atoms with Crippen molar-refractivity contribution in [2.24, 2.45) is 5.73 Å². The molecule has 106 valence electrons. The number of nitrogens with zero attached hydrogens (tertiary/aromatic N) is 1. The Morgan fingerprint density at radius 1 is 1.26 bits per heavy atom. The van der Waals surface area contributed by atoms with Gasteiger partial charge in [-0.2, -0.15) is 11.8 Å². The lowest BCUT2D eigenvalue weighted by Crippen LogP contribution is -2.38. The van der Waals surface area contributed by atoms with E-state index >= 15 is 0 Å². The van der Waals surface area contributed by atoms with Crippen LogP contribution in [-0.2, 0) is 4.79 Å². The van der Waals surface area contributed by atoms with Crippen molar-refractivity contribution in [3.63, 3.8) is 0 Å². The number of benzene rings is 1. The van der Waals surface area contributed by atoms with E-state index in [0.717, 1.165) is 17.9 Å². The topological polar surface area (TPSA) is 46.3 Å². The fourth-order valence-corrected chi connectivity index (χ4v) is 2.81. The summed E-state index contributed by atoms with van der Waals surface area (Å²) in [6.45, 7) is 6.07. The number of thioether (sulfide) groups is 1. The van der Waals surface area contributed by atoms with Gasteiger partial charge in [-0.1, -0.05) is 18.2 Å². The molecule has 0 fully saturated rings. The van der Waals surface area contributed by atoms with Gasteiger partial charge in [0.2, 0.25) is 5.91 Å². The van der Waals surface area contributed by atoms with Gasteiger partial charge in [0.05, 0.1) is 5.75 Å². The lowest BCUT2D eigenvalue weighted by molar-refractivity contribution is -0.116. The van der Waals surface area contributed by atoms with Gasteiger partial charge in [-0.3, -0.25) is 4.79 Å². The average Bonchev–Trinajstić information content (AvgIpc) is 2.35. The highest BCUT2D eigenvalue weighted by Gasteiger charge is 2.18. The third kappa shape index (κ3) is 5.66. The molecule has 1 rings (SSSR count). The number of amides is 1. The Balaban J connectivity index is 2.55. The predicted octanol–water partition coefficient (Wildman–Crippen LogP) is 2.90. The molecule has 0 bridgehead atoms. The molecule has 1 aromatic carbocycles. The zero-order valence-corrected chi connectivity index (χ0v) is 12.8. The Labute approximate surface area is 120 Å². The summed E-state index contributed by atoms with van der Waals surface area (Å²) in [4.78, 5) is 14.2. The maximum Gasteiger partial charge on any atom is 0.237 e. The Bertz CT molecular complexity index is 379. The molecule has 0 aliphatic carbocycles. The van der Waals surface area contributed by atoms with Crippen molar-refractivity contribution in [2.75, 3.05) is 16.4 Å². The number of hydrogen-bond donors (Lipinski definition) is 1. The van der Waals surface area contributed by atoms with E-state index < -0.39 is 0 Å². The zero-order valence-electron chi connectivity index (χ0n) is 12.0. The van der Waals surface area contributed by atoms with Gasteiger partial charge in [-0.15, -0.1) is 0 Å². The lowest BCUT2D eigenvalue weighted by atomic mass is 10.2. The van der Waals surface area contributed by atoms with Crippen molar-refractivity contribution in [3.8, 4) is 0 Å². The van der Waals surface area contributed by atoms with Gasteiger partial charge in [0, 0.05) is 17.8 Å². The molecule has 1 aromatic rings. The molecular weight excluding hydrogens is 256 g/mol. The van der Waals surface area contributed by atoms with E-state index in [-0.39, 0.29) is 18.0 Å². The quantitative estimate of drug-likeness (QED) is 0.781. The van der Waals surface area contributed by atoms with Crippen molar-refractivity contribution in [3.05, 3.63) is 30.3 Å². The molecule has 0 heterocycles. The Morgan fingerprint density at radius 2 is 1.89 bits per heavy atom. The fraction of sp³-hybridized carbons (Fsp3) is 0.533. The van der Waals surface area contributed by atoms with Crippen LogP contribution in [0.1, 0.15) is 27.2 Å². The molecule has 4 heteroatoms. The van der Waals surface area contributed by atoms with Gasteiger partial charge in [-0.25, -0.2) is 0 Å². The molecule has 0 aliphatic rings. The molecule has 0 aromatic heterocycles. The van der Waals surface area contributed by atoms with E-state index in [9.17, 15) is 4.79 Å². The molecule has 3 nitrogen and oxygen atoms in total. The molecule has 0 aliphatic heterocycles. The minimum absolute atomic E-state index is 0.163. The smallest absolute Gasteiger partial charge is 0.237 e. The first kappa shape index (κ1) is 16.1. The van der Waals surface area contributed by atoms with Crippen LogP contribution in [0.5, 0.6) is 0 Å². The first-order chi connectivity index (χ1) is 9.02. The van der Waals surface area contributed by atoms with Crippen LogP contribution < -0.4 is 10.6 Å². The van der Waals surface area contributed by atoms with Crippen LogP contribution in [-0.4, -0.2) is 29.5 Å². The maximum absolute atomic E-state index is 12.3. The van der Waals surface area contributed by atoms with E-state index in [1.54, 1.807) is 11.8 Å². The third-order valence-electron chi connectivity index (χ3n) is 2.76. The standard InChI is InChI=1S/C15H24N2OS/c1-12(2)17(14-7-5-4-6-8-14)15(18)11-19-10-9-13(3)16/h4-8,12-13H,9-11,16H2,1-3H3. The summed E-state index contributed by atoms with van der Waals surface area (Å²) in [5.74, 6) is 1.61. The summed E-state index contributed by atoms with van der Waals surface area (Å²) in [7, 11) is 0. The molecule has 0 radical (unpaired) electrons. The molecule has 1 amide bonds. The van der Waals surface area contributed by atoms with Crippen LogP contribution in [0.25, 0.3) is 0 Å². The summed E-state index contributed by atoms with van der Waals surface area (Å²) in [6.07, 6.45) is 0.949. The van der Waals surface area contributed by atoms with Crippen LogP contribution in [0, 0.1) is 0 Å². The number of rotatable bonds is 7. The summed E-state index contributed by atoms with van der Waals surface area (Å²) in [5.41, 5.74) is 6.67. The van der Waals surface area contributed by atoms with E-state index in [1.165, 1.54) is 0 Å². The van der Waals surface area contributed by atoms with Gasteiger partial charge < -0.3 is 10.6 Å². The summed E-state index contributed by atoms with van der Waals surface area (Å²) in [5, 5.41) is 0. The Morgan fingerprint density at radius 3 is 2.42 bits per heavy atom. The molecule has 1 atom stereocenters. The van der Waals surface area contributed by atoms with E-state index in [0.29, 0.717) is 5.75 Å². The van der Waals surface area contributed by atoms with E-state index in [1.807, 2.05) is 56.0 Å².